The van der Waals surface area contributed by atoms with Crippen LogP contribution in [0, 0.1) is 0 Å². The number of allylic oxidation sites excluding steroid dienone is 2. The molecule has 11 heteroatoms. The molecule has 39 heavy (non-hydrogen) atoms. The van der Waals surface area contributed by atoms with E-state index >= 15 is 0 Å². The van der Waals surface area contributed by atoms with E-state index in [9.17, 15) is 18.0 Å². The first-order valence-electron chi connectivity index (χ1n) is 12.3. The van der Waals surface area contributed by atoms with Crippen molar-refractivity contribution in [1.29, 1.82) is 0 Å². The SMILES string of the molecule is CCOC(=O)C1=C(C)NC(C)=C(C(=O)OCC)C1c1cccc(-c2nc(-c3ccccc3S(N)(=O)=O)cs2)c1. The second kappa shape index (κ2) is 11.5. The van der Waals surface area contributed by atoms with Crippen molar-refractivity contribution in [2.24, 2.45) is 5.14 Å². The summed E-state index contributed by atoms with van der Waals surface area (Å²) in [5.41, 5.74) is 4.11. The number of ether oxygens (including phenoxy) is 2. The summed E-state index contributed by atoms with van der Waals surface area (Å²) in [5.74, 6) is -1.78. The van der Waals surface area contributed by atoms with Crippen LogP contribution >= 0.6 is 11.3 Å². The number of thiazole rings is 1. The average Bonchev–Trinajstić information content (AvgIpc) is 3.38. The molecule has 0 amide bonds. The van der Waals surface area contributed by atoms with Crippen LogP contribution in [-0.4, -0.2) is 38.6 Å². The van der Waals surface area contributed by atoms with Crippen LogP contribution in [0.3, 0.4) is 0 Å². The maximum atomic E-state index is 13.1. The highest BCUT2D eigenvalue weighted by atomic mass is 32.2. The van der Waals surface area contributed by atoms with Gasteiger partial charge in [-0.3, -0.25) is 0 Å². The molecule has 204 valence electrons. The van der Waals surface area contributed by atoms with Crippen molar-refractivity contribution in [3.05, 3.63) is 82.0 Å². The molecule has 0 bridgehead atoms. The monoisotopic (exact) mass is 567 g/mol. The molecule has 0 aliphatic carbocycles. The minimum absolute atomic E-state index is 0.00955. The number of hydrogen-bond acceptors (Lipinski definition) is 9. The lowest BCUT2D eigenvalue weighted by Gasteiger charge is -2.30. The van der Waals surface area contributed by atoms with Gasteiger partial charge in [-0.2, -0.15) is 0 Å². The molecule has 9 nitrogen and oxygen atoms in total. The van der Waals surface area contributed by atoms with Gasteiger partial charge in [0.15, 0.2) is 0 Å². The third kappa shape index (κ3) is 5.80. The average molecular weight is 568 g/mol. The molecule has 0 radical (unpaired) electrons. The van der Waals surface area contributed by atoms with Crippen molar-refractivity contribution >= 4 is 33.3 Å². The predicted molar refractivity (Wildman–Crippen MR) is 149 cm³/mol. The molecule has 3 aromatic rings. The zero-order valence-corrected chi connectivity index (χ0v) is 23.6. The molecule has 0 unspecified atom stereocenters. The second-order valence-electron chi connectivity index (χ2n) is 8.78. The Balaban J connectivity index is 1.82. The highest BCUT2D eigenvalue weighted by molar-refractivity contribution is 7.89. The van der Waals surface area contributed by atoms with Crippen molar-refractivity contribution in [2.75, 3.05) is 13.2 Å². The quantitative estimate of drug-likeness (QED) is 0.380. The van der Waals surface area contributed by atoms with Crippen molar-refractivity contribution in [1.82, 2.24) is 10.3 Å². The predicted octanol–water partition coefficient (Wildman–Crippen LogP) is 4.49. The zero-order valence-electron chi connectivity index (χ0n) is 22.0. The number of benzene rings is 2. The Morgan fingerprint density at radius 3 is 2.18 bits per heavy atom. The Morgan fingerprint density at radius 2 is 1.59 bits per heavy atom. The lowest BCUT2D eigenvalue weighted by atomic mass is 9.80. The number of rotatable bonds is 8. The van der Waals surface area contributed by atoms with E-state index in [1.165, 1.54) is 17.4 Å². The minimum Gasteiger partial charge on any atom is -0.463 e. The first kappa shape index (κ1) is 28.2. The van der Waals surface area contributed by atoms with Gasteiger partial charge >= 0.3 is 11.9 Å². The molecule has 1 aromatic heterocycles. The third-order valence-corrected chi connectivity index (χ3v) is 8.05. The maximum absolute atomic E-state index is 13.1. The van der Waals surface area contributed by atoms with Crippen LogP contribution in [0.2, 0.25) is 0 Å². The Labute approximate surface area is 231 Å². The molecule has 0 saturated carbocycles. The summed E-state index contributed by atoms with van der Waals surface area (Å²) in [4.78, 5) is 30.9. The number of dihydropyridines is 1. The fourth-order valence-corrected chi connectivity index (χ4v) is 6.16. The number of hydrogen-bond donors (Lipinski definition) is 2. The number of nitrogens with one attached hydrogen (secondary N) is 1. The summed E-state index contributed by atoms with van der Waals surface area (Å²) < 4.78 is 34.9. The van der Waals surface area contributed by atoms with Crippen molar-refractivity contribution in [3.63, 3.8) is 0 Å². The van der Waals surface area contributed by atoms with E-state index in [0.717, 1.165) is 5.56 Å². The molecule has 3 N–H and O–H groups in total. The number of nitrogens with two attached hydrogens (primary N) is 1. The maximum Gasteiger partial charge on any atom is 0.336 e. The van der Waals surface area contributed by atoms with E-state index in [2.05, 4.69) is 10.3 Å². The number of primary sulfonamides is 1. The number of carbonyl (C=O) groups is 2. The van der Waals surface area contributed by atoms with E-state index < -0.39 is 27.9 Å². The molecule has 1 aliphatic heterocycles. The van der Waals surface area contributed by atoms with Gasteiger partial charge in [0.1, 0.15) is 5.01 Å². The zero-order chi connectivity index (χ0) is 28.3. The van der Waals surface area contributed by atoms with Crippen LogP contribution in [0.1, 0.15) is 39.2 Å². The molecule has 0 saturated heterocycles. The van der Waals surface area contributed by atoms with Crippen LogP contribution in [-0.2, 0) is 29.1 Å². The van der Waals surface area contributed by atoms with Gasteiger partial charge in [0.25, 0.3) is 0 Å². The Kier molecular flexibility index (Phi) is 8.34. The summed E-state index contributed by atoms with van der Waals surface area (Å²) in [7, 11) is -3.95. The van der Waals surface area contributed by atoms with Crippen LogP contribution in [0.4, 0.5) is 0 Å². The van der Waals surface area contributed by atoms with Crippen molar-refractivity contribution < 1.29 is 27.5 Å². The van der Waals surface area contributed by atoms with E-state index in [0.29, 0.717) is 44.4 Å². The molecule has 0 fully saturated rings. The van der Waals surface area contributed by atoms with Gasteiger partial charge in [-0.25, -0.2) is 28.1 Å². The van der Waals surface area contributed by atoms with Gasteiger partial charge in [0.05, 0.1) is 40.9 Å². The van der Waals surface area contributed by atoms with Gasteiger partial charge in [0, 0.05) is 27.9 Å². The van der Waals surface area contributed by atoms with Crippen LogP contribution in [0.5, 0.6) is 0 Å². The summed E-state index contributed by atoms with van der Waals surface area (Å²) in [5, 5.41) is 10.9. The number of carbonyl (C=O) groups excluding carboxylic acids is 2. The Morgan fingerprint density at radius 1 is 0.974 bits per heavy atom. The summed E-state index contributed by atoms with van der Waals surface area (Å²) >= 11 is 1.34. The fourth-order valence-electron chi connectivity index (χ4n) is 4.59. The van der Waals surface area contributed by atoms with Gasteiger partial charge in [-0.05, 0) is 45.4 Å². The molecular formula is C28H29N3O6S2. The van der Waals surface area contributed by atoms with Gasteiger partial charge in [-0.1, -0.05) is 36.4 Å². The van der Waals surface area contributed by atoms with E-state index in [1.807, 2.05) is 24.3 Å². The highest BCUT2D eigenvalue weighted by Crippen LogP contribution is 2.41. The Hall–Kier alpha value is -3.80. The normalized spacial score (nSPS) is 14.3. The third-order valence-electron chi connectivity index (χ3n) is 6.19. The van der Waals surface area contributed by atoms with E-state index in [-0.39, 0.29) is 18.1 Å². The first-order chi connectivity index (χ1) is 18.6. The molecule has 1 aliphatic rings. The topological polar surface area (TPSA) is 138 Å². The number of nitrogens with zero attached hydrogens (tertiary/aromatic N) is 1. The standard InChI is InChI=1S/C28H29N3O6S2/c1-5-36-27(32)23-16(3)30-17(4)24(28(33)37-6-2)25(23)18-10-9-11-19(14-18)26-31-21(15-38-26)20-12-7-8-13-22(20)39(29,34)35/h7-15,25,30H,5-6H2,1-4H3,(H2,29,34,35). The molecule has 2 heterocycles. The van der Waals surface area contributed by atoms with Crippen LogP contribution in [0.25, 0.3) is 21.8 Å². The summed E-state index contributed by atoms with van der Waals surface area (Å²) in [6, 6.07) is 13.8. The summed E-state index contributed by atoms with van der Waals surface area (Å²) in [6.07, 6.45) is 0. The van der Waals surface area contributed by atoms with Crippen molar-refractivity contribution in [2.45, 2.75) is 38.5 Å². The number of sulfonamides is 1. The molecular weight excluding hydrogens is 538 g/mol. The molecule has 0 spiro atoms. The minimum atomic E-state index is -3.95. The lowest BCUT2D eigenvalue weighted by Crippen LogP contribution is -2.32. The Bertz CT molecular complexity index is 1560. The number of esters is 2. The first-order valence-corrected chi connectivity index (χ1v) is 14.7. The van der Waals surface area contributed by atoms with Crippen LogP contribution in [0.15, 0.2) is 81.3 Å². The van der Waals surface area contributed by atoms with Crippen LogP contribution < -0.4 is 10.5 Å². The molecule has 4 rings (SSSR count). The van der Waals surface area contributed by atoms with E-state index in [4.69, 9.17) is 14.6 Å². The lowest BCUT2D eigenvalue weighted by molar-refractivity contribution is -0.139. The van der Waals surface area contributed by atoms with Gasteiger partial charge in [0.2, 0.25) is 10.0 Å². The number of aromatic nitrogens is 1. The van der Waals surface area contributed by atoms with Gasteiger partial charge in [-0.15, -0.1) is 11.3 Å². The largest absolute Gasteiger partial charge is 0.463 e. The molecule has 2 aromatic carbocycles. The highest BCUT2D eigenvalue weighted by Gasteiger charge is 2.38. The summed E-state index contributed by atoms with van der Waals surface area (Å²) in [6.45, 7) is 7.35. The smallest absolute Gasteiger partial charge is 0.336 e. The van der Waals surface area contributed by atoms with Gasteiger partial charge < -0.3 is 14.8 Å². The van der Waals surface area contributed by atoms with Crippen molar-refractivity contribution in [3.8, 4) is 21.8 Å². The second-order valence-corrected chi connectivity index (χ2v) is 11.2. The van der Waals surface area contributed by atoms with E-state index in [1.54, 1.807) is 51.3 Å². The molecule has 0 atom stereocenters. The fraction of sp³-hybridized carbons (Fsp3) is 0.250.